The second-order valence-electron chi connectivity index (χ2n) is 15.4. The number of hydrogen-bond donors (Lipinski definition) is 0. The van der Waals surface area contributed by atoms with Crippen LogP contribution in [0, 0.1) is 0 Å². The third-order valence-electron chi connectivity index (χ3n) is 11.9. The van der Waals surface area contributed by atoms with Crippen molar-refractivity contribution >= 4 is 76.1 Å². The van der Waals surface area contributed by atoms with Gasteiger partial charge in [0.2, 0.25) is 0 Å². The fourth-order valence-electron chi connectivity index (χ4n) is 9.17. The molecule has 0 aliphatic heterocycles. The molecule has 62 heavy (non-hydrogen) atoms. The largest absolute Gasteiger partial charge is 0.455 e. The van der Waals surface area contributed by atoms with Gasteiger partial charge in [0.05, 0.1) is 26.3 Å². The molecule has 0 bridgehead atoms. The van der Waals surface area contributed by atoms with Gasteiger partial charge in [-0.05, 0) is 80.3 Å². The van der Waals surface area contributed by atoms with Gasteiger partial charge in [0.25, 0.3) is 0 Å². The van der Waals surface area contributed by atoms with Gasteiger partial charge in [-0.1, -0.05) is 164 Å². The summed E-state index contributed by atoms with van der Waals surface area (Å²) in [6, 6.07) is 51.5. The Morgan fingerprint density at radius 1 is 0.371 bits per heavy atom. The van der Waals surface area contributed by atoms with Gasteiger partial charge in [0.15, 0.2) is 17.5 Å². The molecule has 3 heterocycles. The minimum Gasteiger partial charge on any atom is -0.455 e. The molecule has 10 aromatic carbocycles. The monoisotopic (exact) mass is 797 g/mol. The third kappa shape index (κ3) is 5.25. The molecule has 0 N–H and O–H groups in total. The maximum Gasteiger partial charge on any atom is 0.166 e. The van der Waals surface area contributed by atoms with Crippen molar-refractivity contribution in [1.82, 2.24) is 19.5 Å². The van der Waals surface area contributed by atoms with E-state index in [1.807, 2.05) is 78.9 Å². The standard InChI is InChI=1S/C57H34N4O/c1-2-19-41-39(17-1)40-18-3-4-20-42(40)49-34-37(31-32-43(41)49)56-58-55(36-16-13-15-35(33-36)38-25-14-26-47-46-23-8-12-30-53(46)62-54(38)47)59-57(60-56)48-24-7-11-29-52(48)61-50-27-9-5-21-44(50)45-22-6-10-28-51(45)61/h1-34H/i5D,6D,9D,21D,22D,27D,28D. The summed E-state index contributed by atoms with van der Waals surface area (Å²) in [5, 5.41) is 8.83. The number of para-hydroxylation sites is 5. The zero-order chi connectivity index (χ0) is 46.8. The van der Waals surface area contributed by atoms with Crippen LogP contribution in [0.1, 0.15) is 9.60 Å². The number of aromatic nitrogens is 4. The first-order valence-electron chi connectivity index (χ1n) is 23.9. The molecule has 3 aromatic heterocycles. The number of benzene rings is 10. The van der Waals surface area contributed by atoms with Crippen LogP contribution in [0.2, 0.25) is 0 Å². The van der Waals surface area contributed by atoms with Crippen LogP contribution in [0.3, 0.4) is 0 Å². The molecular weight excluding hydrogens is 757 g/mol. The summed E-state index contributed by atoms with van der Waals surface area (Å²) in [6.45, 7) is 0. The van der Waals surface area contributed by atoms with Crippen LogP contribution >= 0.6 is 0 Å². The molecule has 0 saturated carbocycles. The van der Waals surface area contributed by atoms with Crippen molar-refractivity contribution in [3.05, 3.63) is 206 Å². The molecule has 0 amide bonds. The Kier molecular flexibility index (Phi) is 6.15. The lowest BCUT2D eigenvalue weighted by atomic mass is 9.93. The molecule has 0 aliphatic carbocycles. The van der Waals surface area contributed by atoms with Gasteiger partial charge in [-0.15, -0.1) is 0 Å². The van der Waals surface area contributed by atoms with Gasteiger partial charge >= 0.3 is 0 Å². The Hall–Kier alpha value is -8.41. The summed E-state index contributed by atoms with van der Waals surface area (Å²) in [6.07, 6.45) is 0. The first kappa shape index (κ1) is 28.1. The minimum atomic E-state index is -0.470. The molecule has 13 rings (SSSR count). The second-order valence-corrected chi connectivity index (χ2v) is 15.4. The van der Waals surface area contributed by atoms with E-state index in [9.17, 15) is 2.74 Å². The average molecular weight is 798 g/mol. The lowest BCUT2D eigenvalue weighted by molar-refractivity contribution is 0.670. The Balaban J connectivity index is 1.09. The van der Waals surface area contributed by atoms with Gasteiger partial charge in [-0.2, -0.15) is 0 Å². The number of fused-ring (bicyclic) bond motifs is 12. The molecule has 5 nitrogen and oxygen atoms in total. The van der Waals surface area contributed by atoms with Gasteiger partial charge in [-0.3, -0.25) is 0 Å². The molecule has 5 heteroatoms. The van der Waals surface area contributed by atoms with Crippen molar-refractivity contribution in [2.45, 2.75) is 0 Å². The summed E-state index contributed by atoms with van der Waals surface area (Å²) < 4.78 is 70.5. The number of rotatable bonds is 5. The molecule has 13 aromatic rings. The van der Waals surface area contributed by atoms with Crippen LogP contribution in [0.4, 0.5) is 0 Å². The average Bonchev–Trinajstić information content (AvgIpc) is 3.96. The number of nitrogens with zero attached hydrogens (tertiary/aromatic N) is 4. The first-order valence-corrected chi connectivity index (χ1v) is 20.4. The smallest absolute Gasteiger partial charge is 0.166 e. The van der Waals surface area contributed by atoms with Crippen LogP contribution in [0.25, 0.3) is 127 Å². The zero-order valence-electron chi connectivity index (χ0n) is 39.8. The van der Waals surface area contributed by atoms with Crippen LogP contribution < -0.4 is 0 Å². The van der Waals surface area contributed by atoms with E-state index in [0.717, 1.165) is 70.9 Å². The summed E-state index contributed by atoms with van der Waals surface area (Å²) in [5.74, 6) is 1.04. The molecule has 0 spiro atoms. The van der Waals surface area contributed by atoms with E-state index in [4.69, 9.17) is 26.2 Å². The minimum absolute atomic E-state index is 0.0580. The fraction of sp³-hybridized carbons (Fsp3) is 0. The van der Waals surface area contributed by atoms with Gasteiger partial charge in [-0.25, -0.2) is 15.0 Å². The van der Waals surface area contributed by atoms with E-state index in [1.165, 1.54) is 6.07 Å². The fourth-order valence-corrected chi connectivity index (χ4v) is 9.17. The van der Waals surface area contributed by atoms with Gasteiger partial charge in [0, 0.05) is 43.8 Å². The third-order valence-corrected chi connectivity index (χ3v) is 11.9. The lowest BCUT2D eigenvalue weighted by Gasteiger charge is -2.15. The van der Waals surface area contributed by atoms with Gasteiger partial charge < -0.3 is 8.98 Å². The van der Waals surface area contributed by atoms with Crippen molar-refractivity contribution in [3.8, 4) is 51.0 Å². The normalized spacial score (nSPS) is 13.5. The van der Waals surface area contributed by atoms with Crippen LogP contribution in [0.15, 0.2) is 211 Å². The maximum absolute atomic E-state index is 9.23. The summed E-state index contributed by atoms with van der Waals surface area (Å²) in [5.41, 5.74) is 5.96. The molecule has 0 unspecified atom stereocenters. The highest BCUT2D eigenvalue weighted by Crippen LogP contribution is 2.40. The maximum atomic E-state index is 9.23. The number of hydrogen-bond acceptors (Lipinski definition) is 4. The van der Waals surface area contributed by atoms with E-state index >= 15 is 0 Å². The highest BCUT2D eigenvalue weighted by atomic mass is 16.3. The van der Waals surface area contributed by atoms with E-state index in [0.29, 0.717) is 28.5 Å². The molecular formula is C57H34N4O. The van der Waals surface area contributed by atoms with Crippen molar-refractivity contribution in [1.29, 1.82) is 0 Å². The van der Waals surface area contributed by atoms with Gasteiger partial charge in [0.1, 0.15) is 11.2 Å². The van der Waals surface area contributed by atoms with Crippen molar-refractivity contribution < 1.29 is 14.0 Å². The van der Waals surface area contributed by atoms with E-state index in [1.54, 1.807) is 16.7 Å². The molecule has 0 radical (unpaired) electrons. The summed E-state index contributed by atoms with van der Waals surface area (Å²) in [7, 11) is 0. The molecule has 0 aliphatic rings. The lowest BCUT2D eigenvalue weighted by Crippen LogP contribution is -2.03. The predicted octanol–water partition coefficient (Wildman–Crippen LogP) is 15.0. The summed E-state index contributed by atoms with van der Waals surface area (Å²) in [4.78, 5) is 15.7. The Labute approximate surface area is 365 Å². The Morgan fingerprint density at radius 3 is 1.74 bits per heavy atom. The molecule has 288 valence electrons. The quantitative estimate of drug-likeness (QED) is 0.163. The highest BCUT2D eigenvalue weighted by Gasteiger charge is 2.20. The van der Waals surface area contributed by atoms with Crippen molar-refractivity contribution in [3.63, 3.8) is 0 Å². The number of furan rings is 1. The Morgan fingerprint density at radius 2 is 0.935 bits per heavy atom. The van der Waals surface area contributed by atoms with E-state index in [-0.39, 0.29) is 57.8 Å². The van der Waals surface area contributed by atoms with E-state index < -0.39 is 12.1 Å². The van der Waals surface area contributed by atoms with Crippen LogP contribution in [-0.2, 0) is 0 Å². The summed E-state index contributed by atoms with van der Waals surface area (Å²) >= 11 is 0. The van der Waals surface area contributed by atoms with E-state index in [2.05, 4.69) is 66.7 Å². The Bertz CT molecular complexity index is 4340. The second kappa shape index (κ2) is 13.6. The topological polar surface area (TPSA) is 56.7 Å². The van der Waals surface area contributed by atoms with Crippen LogP contribution in [-0.4, -0.2) is 19.5 Å². The zero-order valence-corrected chi connectivity index (χ0v) is 32.8. The van der Waals surface area contributed by atoms with Crippen molar-refractivity contribution in [2.75, 3.05) is 0 Å². The molecule has 0 atom stereocenters. The first-order chi connectivity index (χ1) is 33.6. The molecule has 0 fully saturated rings. The SMILES string of the molecule is [2H]c1cc([2H])c2c(c1[2H])c1c([2H])c([2H])c([2H])c([2H])c1n2-c1ccccc1-c1nc(-c2cccc(-c3cccc4c3oc3ccccc34)c2)nc(-c2ccc3c4ccccc4c4ccccc4c3c2)n1. The predicted molar refractivity (Wildman–Crippen MR) is 256 cm³/mol. The van der Waals surface area contributed by atoms with Crippen molar-refractivity contribution in [2.24, 2.45) is 0 Å². The highest BCUT2D eigenvalue weighted by molar-refractivity contribution is 6.25. The molecule has 0 saturated heterocycles. The van der Waals surface area contributed by atoms with Crippen LogP contribution in [0.5, 0.6) is 0 Å².